The van der Waals surface area contributed by atoms with Crippen LogP contribution in [0.15, 0.2) is 12.4 Å². The van der Waals surface area contributed by atoms with Gasteiger partial charge in [0.05, 0.1) is 12.4 Å². The number of carbonyl (C=O) groups excluding carboxylic acids is 1. The molecule has 2 aromatic heterocycles. The molecule has 0 aromatic carbocycles. The van der Waals surface area contributed by atoms with Crippen LogP contribution in [0.4, 0.5) is 5.82 Å². The van der Waals surface area contributed by atoms with Crippen LogP contribution in [0, 0.1) is 0 Å². The lowest BCUT2D eigenvalue weighted by Crippen LogP contribution is -2.11. The Balaban J connectivity index is 2.13. The molecular formula is C8H9N5OS. The fourth-order valence-electron chi connectivity index (χ4n) is 1.13. The van der Waals surface area contributed by atoms with Crippen molar-refractivity contribution in [2.75, 3.05) is 5.32 Å². The number of hydrogen-bond acceptors (Lipinski definition) is 5. The number of aryl methyl sites for hydroxylation is 1. The van der Waals surface area contributed by atoms with E-state index in [4.69, 9.17) is 0 Å². The zero-order valence-corrected chi connectivity index (χ0v) is 8.84. The zero-order chi connectivity index (χ0) is 10.7. The summed E-state index contributed by atoms with van der Waals surface area (Å²) in [4.78, 5) is 12.1. The highest BCUT2D eigenvalue weighted by molar-refractivity contribution is 7.07. The number of aromatic amines is 1. The van der Waals surface area contributed by atoms with Gasteiger partial charge >= 0.3 is 0 Å². The highest BCUT2D eigenvalue weighted by atomic mass is 32.1. The van der Waals surface area contributed by atoms with E-state index in [1.807, 2.05) is 6.92 Å². The number of carbonyl (C=O) groups is 1. The molecule has 0 aliphatic rings. The van der Waals surface area contributed by atoms with E-state index in [0.29, 0.717) is 10.7 Å². The van der Waals surface area contributed by atoms with Crippen molar-refractivity contribution in [1.29, 1.82) is 0 Å². The van der Waals surface area contributed by atoms with Crippen LogP contribution >= 0.6 is 11.5 Å². The first kappa shape index (κ1) is 9.78. The molecule has 0 aliphatic heterocycles. The first-order valence-electron chi connectivity index (χ1n) is 4.42. The van der Waals surface area contributed by atoms with Gasteiger partial charge in [-0.25, -0.2) is 0 Å². The summed E-state index contributed by atoms with van der Waals surface area (Å²) >= 11 is 1.06. The number of nitrogens with zero attached hydrogens (tertiary/aromatic N) is 3. The molecule has 2 rings (SSSR count). The summed E-state index contributed by atoms with van der Waals surface area (Å²) in [6.45, 7) is 1.99. The van der Waals surface area contributed by atoms with Gasteiger partial charge in [0.15, 0.2) is 0 Å². The Hall–Kier alpha value is -1.76. The molecule has 78 valence electrons. The molecule has 0 radical (unpaired) electrons. The maximum absolute atomic E-state index is 11.6. The first-order chi connectivity index (χ1) is 7.31. The molecule has 2 N–H and O–H groups in total. The van der Waals surface area contributed by atoms with Crippen molar-refractivity contribution in [3.05, 3.63) is 22.8 Å². The molecule has 2 heterocycles. The number of anilines is 1. The van der Waals surface area contributed by atoms with Gasteiger partial charge in [0.25, 0.3) is 5.91 Å². The van der Waals surface area contributed by atoms with E-state index >= 15 is 0 Å². The van der Waals surface area contributed by atoms with E-state index in [2.05, 4.69) is 25.1 Å². The summed E-state index contributed by atoms with van der Waals surface area (Å²) in [6.07, 6.45) is 3.94. The molecule has 0 fully saturated rings. The summed E-state index contributed by atoms with van der Waals surface area (Å²) in [5.41, 5.74) is 0.973. The van der Waals surface area contributed by atoms with Gasteiger partial charge in [0.2, 0.25) is 0 Å². The van der Waals surface area contributed by atoms with Gasteiger partial charge in [-0.2, -0.15) is 5.10 Å². The Morgan fingerprint density at radius 1 is 1.60 bits per heavy atom. The highest BCUT2D eigenvalue weighted by Crippen LogP contribution is 2.13. The monoisotopic (exact) mass is 223 g/mol. The van der Waals surface area contributed by atoms with Crippen LogP contribution in [-0.2, 0) is 6.42 Å². The second-order valence-corrected chi connectivity index (χ2v) is 3.65. The van der Waals surface area contributed by atoms with Crippen LogP contribution in [0.1, 0.15) is 22.2 Å². The maximum Gasteiger partial charge on any atom is 0.270 e. The van der Waals surface area contributed by atoms with Crippen LogP contribution in [0.25, 0.3) is 0 Å². The highest BCUT2D eigenvalue weighted by Gasteiger charge is 2.11. The molecule has 0 saturated carbocycles. The number of nitrogens with one attached hydrogen (secondary N) is 2. The molecular weight excluding hydrogens is 214 g/mol. The second kappa shape index (κ2) is 4.18. The fourth-order valence-corrected chi connectivity index (χ4v) is 1.54. The van der Waals surface area contributed by atoms with Crippen molar-refractivity contribution in [3.8, 4) is 0 Å². The predicted molar refractivity (Wildman–Crippen MR) is 55.8 cm³/mol. The summed E-state index contributed by atoms with van der Waals surface area (Å²) < 4.78 is 3.62. The van der Waals surface area contributed by atoms with Gasteiger partial charge in [-0.15, -0.1) is 5.10 Å². The van der Waals surface area contributed by atoms with Crippen LogP contribution < -0.4 is 5.32 Å². The average Bonchev–Trinajstić information content (AvgIpc) is 2.87. The molecule has 1 amide bonds. The molecule has 0 bridgehead atoms. The molecule has 0 atom stereocenters. The van der Waals surface area contributed by atoms with Gasteiger partial charge in [-0.1, -0.05) is 11.4 Å². The van der Waals surface area contributed by atoms with Crippen LogP contribution in [0.3, 0.4) is 0 Å². The van der Waals surface area contributed by atoms with Crippen molar-refractivity contribution in [2.24, 2.45) is 0 Å². The normalized spacial score (nSPS) is 10.2. The lowest BCUT2D eigenvalue weighted by molar-refractivity contribution is 0.103. The minimum absolute atomic E-state index is 0.219. The van der Waals surface area contributed by atoms with Gasteiger partial charge in [0.1, 0.15) is 10.7 Å². The summed E-state index contributed by atoms with van der Waals surface area (Å²) in [6, 6.07) is 0. The van der Waals surface area contributed by atoms with E-state index in [0.717, 1.165) is 23.5 Å². The second-order valence-electron chi connectivity index (χ2n) is 2.86. The van der Waals surface area contributed by atoms with Crippen LogP contribution in [0.5, 0.6) is 0 Å². The van der Waals surface area contributed by atoms with Gasteiger partial charge in [-0.3, -0.25) is 9.89 Å². The van der Waals surface area contributed by atoms with Gasteiger partial charge in [0, 0.05) is 5.56 Å². The maximum atomic E-state index is 11.6. The van der Waals surface area contributed by atoms with E-state index in [1.165, 1.54) is 6.20 Å². The Labute approximate surface area is 89.9 Å². The minimum atomic E-state index is -0.219. The van der Waals surface area contributed by atoms with E-state index in [-0.39, 0.29) is 5.91 Å². The SMILES string of the molecule is CCc1cn[nH]c1NC(=O)c1cnns1. The largest absolute Gasteiger partial charge is 0.306 e. The molecule has 0 unspecified atom stereocenters. The van der Waals surface area contributed by atoms with Crippen molar-refractivity contribution in [1.82, 2.24) is 19.8 Å². The molecule has 15 heavy (non-hydrogen) atoms. The minimum Gasteiger partial charge on any atom is -0.306 e. The smallest absolute Gasteiger partial charge is 0.270 e. The van der Waals surface area contributed by atoms with Crippen LogP contribution in [0.2, 0.25) is 0 Å². The number of aromatic nitrogens is 4. The quantitative estimate of drug-likeness (QED) is 0.815. The van der Waals surface area contributed by atoms with E-state index < -0.39 is 0 Å². The van der Waals surface area contributed by atoms with Crippen molar-refractivity contribution >= 4 is 23.3 Å². The standard InChI is InChI=1S/C8H9N5OS/c1-2-5-3-9-12-7(5)11-8(14)6-4-10-13-15-6/h3-4H,2H2,1H3,(H2,9,11,12,14). The predicted octanol–water partition coefficient (Wildman–Crippen LogP) is 1.08. The topological polar surface area (TPSA) is 83.6 Å². The van der Waals surface area contributed by atoms with Gasteiger partial charge in [-0.05, 0) is 18.0 Å². The van der Waals surface area contributed by atoms with Crippen molar-refractivity contribution in [3.63, 3.8) is 0 Å². The first-order valence-corrected chi connectivity index (χ1v) is 5.19. The third kappa shape index (κ3) is 2.01. The molecule has 0 aliphatic carbocycles. The lowest BCUT2D eigenvalue weighted by atomic mass is 10.2. The lowest BCUT2D eigenvalue weighted by Gasteiger charge is -2.01. The fraction of sp³-hybridized carbons (Fsp3) is 0.250. The number of hydrogen-bond donors (Lipinski definition) is 2. The number of rotatable bonds is 3. The van der Waals surface area contributed by atoms with Crippen LogP contribution in [-0.4, -0.2) is 25.7 Å². The third-order valence-electron chi connectivity index (χ3n) is 1.92. The van der Waals surface area contributed by atoms with Gasteiger partial charge < -0.3 is 5.32 Å². The Morgan fingerprint density at radius 3 is 3.13 bits per heavy atom. The third-order valence-corrected chi connectivity index (χ3v) is 2.59. The summed E-state index contributed by atoms with van der Waals surface area (Å²) in [5.74, 6) is 0.417. The Morgan fingerprint density at radius 2 is 2.47 bits per heavy atom. The van der Waals surface area contributed by atoms with E-state index in [1.54, 1.807) is 6.20 Å². The Kier molecular flexibility index (Phi) is 2.72. The molecule has 2 aromatic rings. The summed E-state index contributed by atoms with van der Waals surface area (Å²) in [5, 5.41) is 12.9. The summed E-state index contributed by atoms with van der Waals surface area (Å²) in [7, 11) is 0. The van der Waals surface area contributed by atoms with E-state index in [9.17, 15) is 4.79 Å². The molecule has 6 nitrogen and oxygen atoms in total. The number of H-pyrrole nitrogens is 1. The molecule has 7 heteroatoms. The molecule has 0 saturated heterocycles. The molecule has 0 spiro atoms. The Bertz CT molecular complexity index is 449. The van der Waals surface area contributed by atoms with Crippen molar-refractivity contribution in [2.45, 2.75) is 13.3 Å². The van der Waals surface area contributed by atoms with Crippen molar-refractivity contribution < 1.29 is 4.79 Å². The average molecular weight is 223 g/mol. The number of amides is 1. The zero-order valence-electron chi connectivity index (χ0n) is 8.02.